The van der Waals surface area contributed by atoms with Crippen LogP contribution in [0.1, 0.15) is 126 Å². The first kappa shape index (κ1) is 57.8. The fourth-order valence-electron chi connectivity index (χ4n) is 8.44. The largest absolute Gasteiger partial charge is 0.481 e. The summed E-state index contributed by atoms with van der Waals surface area (Å²) in [5.74, 6) is -10.00. The quantitative estimate of drug-likeness (QED) is 0.0667. The number of amides is 7. The van der Waals surface area contributed by atoms with Crippen LogP contribution in [0, 0.1) is 29.6 Å². The van der Waals surface area contributed by atoms with Crippen LogP contribution in [0.2, 0.25) is 0 Å². The number of nitrogens with one attached hydrogen (secondary N) is 5. The molecule has 0 spiro atoms. The molecule has 21 nitrogen and oxygen atoms in total. The standard InChI is InChI=1S/C49H71N7O14/c1-26(2)35(25-39(59)36-11-9-21-55(36)49(70)31(8)51-44(65)28(5)23-34(57)17-19-41(61)62)45(66)52-32-13-15-33(16-14-32)53-47(68)43(27(3)4)54-46(67)37-12-10-22-56(37)48(69)29(6)24-38(58)30(7)50-40(60)18-20-42(63)64/h13-16,26-31,35-37,43H,9-12,17-25H2,1-8H3,(H,50,60)(H,51,65)(H,52,66)(H,53,68)(H,54,67)(H,61,62)(H,63,64)/t28-,29-,30+,31+,35?,36?,37?,43+/m1/s1. The van der Waals surface area contributed by atoms with Crippen molar-refractivity contribution in [1.82, 2.24) is 25.8 Å². The number of anilines is 2. The number of carbonyl (C=O) groups excluding carboxylic acids is 10. The lowest BCUT2D eigenvalue weighted by Crippen LogP contribution is -2.54. The Morgan fingerprint density at radius 3 is 1.63 bits per heavy atom. The smallest absolute Gasteiger partial charge is 0.303 e. The topological polar surface area (TPSA) is 312 Å². The maximum atomic E-state index is 13.7. The summed E-state index contributed by atoms with van der Waals surface area (Å²) in [5.41, 5.74) is 0.740. The van der Waals surface area contributed by atoms with Gasteiger partial charge in [0, 0.05) is 74.3 Å². The number of likely N-dealkylation sites (tertiary alicyclic amines) is 2. The van der Waals surface area contributed by atoms with Crippen molar-refractivity contribution >= 4 is 82.0 Å². The van der Waals surface area contributed by atoms with Gasteiger partial charge in [-0.15, -0.1) is 0 Å². The van der Waals surface area contributed by atoms with E-state index in [1.807, 2.05) is 0 Å². The summed E-state index contributed by atoms with van der Waals surface area (Å²) < 4.78 is 0. The lowest BCUT2D eigenvalue weighted by molar-refractivity contribution is -0.143. The molecule has 3 rings (SSSR count). The molecule has 7 N–H and O–H groups in total. The highest BCUT2D eigenvalue weighted by Gasteiger charge is 2.40. The zero-order valence-corrected chi connectivity index (χ0v) is 41.5. The minimum atomic E-state index is -1.15. The number of benzene rings is 1. The van der Waals surface area contributed by atoms with E-state index in [0.717, 1.165) is 0 Å². The van der Waals surface area contributed by atoms with Crippen LogP contribution in [0.5, 0.6) is 0 Å². The number of hydrogen-bond donors (Lipinski definition) is 7. The molecule has 1 aromatic carbocycles. The van der Waals surface area contributed by atoms with Crippen LogP contribution in [-0.2, 0) is 57.5 Å². The van der Waals surface area contributed by atoms with Gasteiger partial charge in [0.2, 0.25) is 41.4 Å². The predicted molar refractivity (Wildman–Crippen MR) is 254 cm³/mol. The molecule has 0 aliphatic carbocycles. The molecule has 2 heterocycles. The third-order valence-corrected chi connectivity index (χ3v) is 12.7. The molecule has 0 saturated carbocycles. The molecule has 21 heteroatoms. The molecule has 70 heavy (non-hydrogen) atoms. The van der Waals surface area contributed by atoms with Crippen molar-refractivity contribution in [2.75, 3.05) is 23.7 Å². The number of hydrogen-bond acceptors (Lipinski definition) is 12. The Kier molecular flexibility index (Phi) is 22.3. The minimum Gasteiger partial charge on any atom is -0.481 e. The van der Waals surface area contributed by atoms with Gasteiger partial charge in [-0.1, -0.05) is 41.5 Å². The highest BCUT2D eigenvalue weighted by Crippen LogP contribution is 2.27. The van der Waals surface area contributed by atoms with E-state index in [1.54, 1.807) is 58.9 Å². The number of carboxylic acids is 2. The van der Waals surface area contributed by atoms with Crippen LogP contribution in [0.15, 0.2) is 24.3 Å². The van der Waals surface area contributed by atoms with Crippen LogP contribution < -0.4 is 26.6 Å². The van der Waals surface area contributed by atoms with Crippen LogP contribution in [0.4, 0.5) is 11.4 Å². The second-order valence-electron chi connectivity index (χ2n) is 19.2. The van der Waals surface area contributed by atoms with Gasteiger partial charge in [0.05, 0.1) is 24.9 Å². The summed E-state index contributed by atoms with van der Waals surface area (Å²) in [6.45, 7) is 13.6. The molecular formula is C49H71N7O14. The van der Waals surface area contributed by atoms with E-state index in [9.17, 15) is 57.5 Å². The summed E-state index contributed by atoms with van der Waals surface area (Å²) in [6, 6.07) is 1.60. The number of ketones is 3. The molecule has 1 aromatic rings. The average molecular weight is 982 g/mol. The van der Waals surface area contributed by atoms with Crippen molar-refractivity contribution in [1.29, 1.82) is 0 Å². The Morgan fingerprint density at radius 1 is 0.557 bits per heavy atom. The number of carbonyl (C=O) groups is 12. The number of Topliss-reactive ketones (excluding diaryl/α,β-unsaturated/α-hetero) is 3. The SMILES string of the molecule is CC(C)C(CC(=O)C1CCCN1C(=O)[C@H](C)NC(=O)[C@H](C)CC(=O)CCC(=O)O)C(=O)Nc1ccc(NC(=O)[C@@H](NC(=O)C2CCCN2C(=O)[C@H](C)CC(=O)[C@H](C)NC(=O)CCC(=O)O)C(C)C)cc1. The van der Waals surface area contributed by atoms with Crippen molar-refractivity contribution in [2.45, 2.75) is 156 Å². The normalized spacial score (nSPS) is 18.1. The van der Waals surface area contributed by atoms with E-state index in [-0.39, 0.29) is 81.4 Å². The highest BCUT2D eigenvalue weighted by molar-refractivity contribution is 6.01. The average Bonchev–Trinajstić information content (AvgIpc) is 3.99. The molecule has 386 valence electrons. The van der Waals surface area contributed by atoms with E-state index in [0.29, 0.717) is 37.1 Å². The number of aliphatic carboxylic acids is 2. The van der Waals surface area contributed by atoms with Gasteiger partial charge in [-0.2, -0.15) is 0 Å². The zero-order valence-electron chi connectivity index (χ0n) is 41.5. The molecule has 2 aliphatic heterocycles. The van der Waals surface area contributed by atoms with Gasteiger partial charge in [-0.25, -0.2) is 0 Å². The Labute approximate surface area is 408 Å². The summed E-state index contributed by atoms with van der Waals surface area (Å²) in [5, 5.41) is 31.1. The van der Waals surface area contributed by atoms with Crippen LogP contribution >= 0.6 is 0 Å². The Balaban J connectivity index is 1.56. The maximum absolute atomic E-state index is 13.7. The molecule has 2 aliphatic rings. The Morgan fingerprint density at radius 2 is 1.09 bits per heavy atom. The number of nitrogens with zero attached hydrogens (tertiary/aromatic N) is 2. The lowest BCUT2D eigenvalue weighted by atomic mass is 9.87. The van der Waals surface area contributed by atoms with Gasteiger partial charge in [0.15, 0.2) is 11.6 Å². The van der Waals surface area contributed by atoms with Crippen molar-refractivity contribution in [2.24, 2.45) is 29.6 Å². The minimum absolute atomic E-state index is 0.158. The van der Waals surface area contributed by atoms with E-state index in [1.165, 1.54) is 30.6 Å². The zero-order chi connectivity index (χ0) is 52.6. The van der Waals surface area contributed by atoms with Crippen LogP contribution in [-0.4, -0.2) is 134 Å². The van der Waals surface area contributed by atoms with Gasteiger partial charge in [0.25, 0.3) is 0 Å². The molecule has 7 amide bonds. The van der Waals surface area contributed by atoms with E-state index in [2.05, 4.69) is 26.6 Å². The molecule has 3 unspecified atom stereocenters. The monoisotopic (exact) mass is 982 g/mol. The van der Waals surface area contributed by atoms with Gasteiger partial charge >= 0.3 is 11.9 Å². The van der Waals surface area contributed by atoms with Gasteiger partial charge in [-0.05, 0) is 75.6 Å². The maximum Gasteiger partial charge on any atom is 0.303 e. The van der Waals surface area contributed by atoms with Crippen molar-refractivity contribution in [3.63, 3.8) is 0 Å². The lowest BCUT2D eigenvalue weighted by Gasteiger charge is -2.29. The molecular weight excluding hydrogens is 911 g/mol. The summed E-state index contributed by atoms with van der Waals surface area (Å²) >= 11 is 0. The second kappa shape index (κ2) is 27.0. The Hall–Kier alpha value is -6.54. The molecule has 0 bridgehead atoms. The fourth-order valence-corrected chi connectivity index (χ4v) is 8.44. The van der Waals surface area contributed by atoms with E-state index in [4.69, 9.17) is 10.2 Å². The summed E-state index contributed by atoms with van der Waals surface area (Å²) in [4.78, 5) is 156. The van der Waals surface area contributed by atoms with Gasteiger partial charge in [-0.3, -0.25) is 57.5 Å². The summed E-state index contributed by atoms with van der Waals surface area (Å²) in [6.07, 6.45) is -0.00846. The molecule has 0 radical (unpaired) electrons. The number of rotatable bonds is 27. The van der Waals surface area contributed by atoms with E-state index >= 15 is 0 Å². The first-order valence-corrected chi connectivity index (χ1v) is 24.0. The van der Waals surface area contributed by atoms with Crippen molar-refractivity contribution < 1.29 is 67.7 Å². The molecule has 0 aromatic heterocycles. The Bertz CT molecular complexity index is 1980. The predicted octanol–water partition coefficient (Wildman–Crippen LogP) is 2.85. The van der Waals surface area contributed by atoms with Crippen LogP contribution in [0.3, 0.4) is 0 Å². The fraction of sp³-hybridized carbons (Fsp3) is 0.633. The first-order chi connectivity index (χ1) is 32.8. The summed E-state index contributed by atoms with van der Waals surface area (Å²) in [7, 11) is 0. The van der Waals surface area contributed by atoms with Gasteiger partial charge < -0.3 is 46.6 Å². The number of carboxylic acid groups (broad SMARTS) is 2. The molecule has 2 saturated heterocycles. The molecule has 8 atom stereocenters. The second-order valence-corrected chi connectivity index (χ2v) is 19.2. The highest BCUT2D eigenvalue weighted by atomic mass is 16.4. The first-order valence-electron chi connectivity index (χ1n) is 24.0. The van der Waals surface area contributed by atoms with E-state index < -0.39 is 107 Å². The van der Waals surface area contributed by atoms with Crippen molar-refractivity contribution in [3.05, 3.63) is 24.3 Å². The third kappa shape index (κ3) is 17.5. The van der Waals surface area contributed by atoms with Crippen molar-refractivity contribution in [3.8, 4) is 0 Å². The van der Waals surface area contributed by atoms with Crippen LogP contribution in [0.25, 0.3) is 0 Å². The third-order valence-electron chi connectivity index (χ3n) is 12.7. The molecule has 2 fully saturated rings. The van der Waals surface area contributed by atoms with Gasteiger partial charge in [0.1, 0.15) is 23.9 Å².